The molecule has 1 aromatic carbocycles. The number of para-hydroxylation sites is 1. The highest BCUT2D eigenvalue weighted by Crippen LogP contribution is 2.24. The molecule has 0 aromatic heterocycles. The highest BCUT2D eigenvalue weighted by Gasteiger charge is 2.35. The van der Waals surface area contributed by atoms with Crippen LogP contribution >= 0.6 is 0 Å². The number of hydrogen-bond acceptors (Lipinski definition) is 4. The first-order valence-corrected chi connectivity index (χ1v) is 7.90. The lowest BCUT2D eigenvalue weighted by molar-refractivity contribution is -0.145. The monoisotopic (exact) mass is 304 g/mol. The molecule has 0 unspecified atom stereocenters. The number of carbonyl (C=O) groups is 2. The molecular formula is C17H24N2O3. The summed E-state index contributed by atoms with van der Waals surface area (Å²) in [5, 5.41) is 3.31. The molecule has 1 aromatic rings. The van der Waals surface area contributed by atoms with Crippen LogP contribution in [0.15, 0.2) is 24.3 Å². The summed E-state index contributed by atoms with van der Waals surface area (Å²) in [7, 11) is 1.36. The smallest absolute Gasteiger partial charge is 0.328 e. The summed E-state index contributed by atoms with van der Waals surface area (Å²) in [4.78, 5) is 26.3. The molecule has 1 amide bonds. The number of nitrogens with zero attached hydrogens (tertiary/aromatic N) is 1. The van der Waals surface area contributed by atoms with E-state index in [4.69, 9.17) is 4.74 Å². The predicted octanol–water partition coefficient (Wildman–Crippen LogP) is 2.68. The van der Waals surface area contributed by atoms with E-state index in [1.807, 2.05) is 24.3 Å². The Balaban J connectivity index is 2.16. The molecule has 0 bridgehead atoms. The molecule has 1 aliphatic rings. The fourth-order valence-electron chi connectivity index (χ4n) is 2.77. The normalized spacial score (nSPS) is 17.4. The number of carbonyl (C=O) groups excluding carboxylic acids is 2. The van der Waals surface area contributed by atoms with Crippen LogP contribution in [0.3, 0.4) is 0 Å². The molecule has 120 valence electrons. The topological polar surface area (TPSA) is 58.6 Å². The molecule has 2 rings (SSSR count). The second-order valence-corrected chi connectivity index (χ2v) is 5.51. The van der Waals surface area contributed by atoms with Gasteiger partial charge in [0, 0.05) is 18.8 Å². The van der Waals surface area contributed by atoms with Crippen molar-refractivity contribution in [2.24, 2.45) is 0 Å². The lowest BCUT2D eigenvalue weighted by Crippen LogP contribution is -2.41. The molecule has 1 saturated heterocycles. The molecule has 0 radical (unpaired) electrons. The molecule has 0 saturated carbocycles. The Kier molecular flexibility index (Phi) is 5.81. The summed E-state index contributed by atoms with van der Waals surface area (Å²) in [6.07, 6.45) is 3.65. The number of methoxy groups -OCH3 is 1. The third-order valence-electron chi connectivity index (χ3n) is 3.99. The Hall–Kier alpha value is -2.04. The van der Waals surface area contributed by atoms with Gasteiger partial charge in [0.25, 0.3) is 5.91 Å². The van der Waals surface area contributed by atoms with Crippen molar-refractivity contribution in [3.05, 3.63) is 29.8 Å². The van der Waals surface area contributed by atoms with E-state index in [-0.39, 0.29) is 11.9 Å². The maximum Gasteiger partial charge on any atom is 0.328 e. The Bertz CT molecular complexity index is 530. The Labute approximate surface area is 131 Å². The molecule has 5 heteroatoms. The highest BCUT2D eigenvalue weighted by atomic mass is 16.5. The van der Waals surface area contributed by atoms with Crippen molar-refractivity contribution in [1.29, 1.82) is 0 Å². The number of unbranched alkanes of at least 4 members (excludes halogenated alkanes) is 1. The van der Waals surface area contributed by atoms with E-state index in [1.54, 1.807) is 4.90 Å². The van der Waals surface area contributed by atoms with Gasteiger partial charge in [-0.2, -0.15) is 0 Å². The van der Waals surface area contributed by atoms with Gasteiger partial charge in [0.15, 0.2) is 0 Å². The summed E-state index contributed by atoms with van der Waals surface area (Å²) in [5.74, 6) is -0.435. The minimum atomic E-state index is -0.457. The number of hydrogen-bond donors (Lipinski definition) is 1. The SMILES string of the molecule is CCCCNc1ccccc1C(=O)N1CCC[C@H]1C(=O)OC. The standard InChI is InChI=1S/C17H24N2O3/c1-3-4-11-18-14-9-6-5-8-13(14)16(20)19-12-7-10-15(19)17(21)22-2/h5-6,8-9,15,18H,3-4,7,10-12H2,1-2H3/t15-/m0/s1. The van der Waals surface area contributed by atoms with Gasteiger partial charge in [0.05, 0.1) is 12.7 Å². The molecule has 1 fully saturated rings. The molecule has 0 aliphatic carbocycles. The zero-order valence-corrected chi connectivity index (χ0v) is 13.3. The zero-order valence-electron chi connectivity index (χ0n) is 13.3. The van der Waals surface area contributed by atoms with Gasteiger partial charge in [0.1, 0.15) is 6.04 Å². The van der Waals surface area contributed by atoms with Crippen LogP contribution in [0.25, 0.3) is 0 Å². The molecular weight excluding hydrogens is 280 g/mol. The second kappa shape index (κ2) is 7.82. The lowest BCUT2D eigenvalue weighted by atomic mass is 10.1. The third-order valence-corrected chi connectivity index (χ3v) is 3.99. The van der Waals surface area contributed by atoms with E-state index in [1.165, 1.54) is 7.11 Å². The van der Waals surface area contributed by atoms with Crippen LogP contribution in [-0.4, -0.2) is 43.0 Å². The first-order valence-electron chi connectivity index (χ1n) is 7.90. The van der Waals surface area contributed by atoms with Crippen LogP contribution in [0.2, 0.25) is 0 Å². The molecule has 1 heterocycles. The number of likely N-dealkylation sites (tertiary alicyclic amines) is 1. The lowest BCUT2D eigenvalue weighted by Gasteiger charge is -2.24. The van der Waals surface area contributed by atoms with Gasteiger partial charge in [-0.15, -0.1) is 0 Å². The fraction of sp³-hybridized carbons (Fsp3) is 0.529. The Morgan fingerprint density at radius 2 is 2.14 bits per heavy atom. The number of amides is 1. The molecule has 5 nitrogen and oxygen atoms in total. The first-order chi connectivity index (χ1) is 10.7. The van der Waals surface area contributed by atoms with Crippen LogP contribution < -0.4 is 5.32 Å². The quantitative estimate of drug-likeness (QED) is 0.648. The Morgan fingerprint density at radius 3 is 2.86 bits per heavy atom. The summed E-state index contributed by atoms with van der Waals surface area (Å²) in [6.45, 7) is 3.56. The third kappa shape index (κ3) is 3.59. The van der Waals surface area contributed by atoms with Gasteiger partial charge in [-0.3, -0.25) is 4.79 Å². The van der Waals surface area contributed by atoms with Gasteiger partial charge in [-0.05, 0) is 31.4 Å². The summed E-state index contributed by atoms with van der Waals surface area (Å²) >= 11 is 0. The van der Waals surface area contributed by atoms with E-state index in [0.717, 1.165) is 31.5 Å². The molecule has 1 N–H and O–H groups in total. The van der Waals surface area contributed by atoms with E-state index in [2.05, 4.69) is 12.2 Å². The van der Waals surface area contributed by atoms with Crippen molar-refractivity contribution >= 4 is 17.6 Å². The zero-order chi connectivity index (χ0) is 15.9. The van der Waals surface area contributed by atoms with Crippen LogP contribution in [0.4, 0.5) is 5.69 Å². The fourth-order valence-corrected chi connectivity index (χ4v) is 2.77. The van der Waals surface area contributed by atoms with E-state index in [9.17, 15) is 9.59 Å². The number of ether oxygens (including phenoxy) is 1. The number of rotatable bonds is 6. The van der Waals surface area contributed by atoms with Crippen LogP contribution in [-0.2, 0) is 9.53 Å². The first kappa shape index (κ1) is 16.3. The van der Waals surface area contributed by atoms with Crippen LogP contribution in [0, 0.1) is 0 Å². The van der Waals surface area contributed by atoms with Gasteiger partial charge < -0.3 is 15.0 Å². The van der Waals surface area contributed by atoms with Gasteiger partial charge in [-0.25, -0.2) is 4.79 Å². The van der Waals surface area contributed by atoms with Crippen LogP contribution in [0.1, 0.15) is 43.0 Å². The van der Waals surface area contributed by atoms with Crippen molar-refractivity contribution in [3.63, 3.8) is 0 Å². The van der Waals surface area contributed by atoms with Crippen molar-refractivity contribution in [2.45, 2.75) is 38.6 Å². The average Bonchev–Trinajstić information content (AvgIpc) is 3.04. The van der Waals surface area contributed by atoms with Crippen molar-refractivity contribution in [1.82, 2.24) is 4.90 Å². The van der Waals surface area contributed by atoms with E-state index in [0.29, 0.717) is 18.5 Å². The average molecular weight is 304 g/mol. The van der Waals surface area contributed by atoms with E-state index >= 15 is 0 Å². The minimum absolute atomic E-state index is 0.104. The maximum atomic E-state index is 12.8. The molecule has 22 heavy (non-hydrogen) atoms. The van der Waals surface area contributed by atoms with Crippen LogP contribution in [0.5, 0.6) is 0 Å². The molecule has 1 atom stereocenters. The van der Waals surface area contributed by atoms with Gasteiger partial charge in [0.2, 0.25) is 0 Å². The summed E-state index contributed by atoms with van der Waals surface area (Å²) in [6, 6.07) is 7.02. The maximum absolute atomic E-state index is 12.8. The van der Waals surface area contributed by atoms with Gasteiger partial charge in [-0.1, -0.05) is 25.5 Å². The summed E-state index contributed by atoms with van der Waals surface area (Å²) in [5.41, 5.74) is 1.45. The Morgan fingerprint density at radius 1 is 1.36 bits per heavy atom. The van der Waals surface area contributed by atoms with Crippen molar-refractivity contribution in [2.75, 3.05) is 25.5 Å². The molecule has 0 spiro atoms. The number of esters is 1. The predicted molar refractivity (Wildman–Crippen MR) is 85.9 cm³/mol. The van der Waals surface area contributed by atoms with Gasteiger partial charge >= 0.3 is 5.97 Å². The number of benzene rings is 1. The van der Waals surface area contributed by atoms with E-state index < -0.39 is 6.04 Å². The second-order valence-electron chi connectivity index (χ2n) is 5.51. The largest absolute Gasteiger partial charge is 0.467 e. The summed E-state index contributed by atoms with van der Waals surface area (Å²) < 4.78 is 4.81. The minimum Gasteiger partial charge on any atom is -0.467 e. The molecule has 1 aliphatic heterocycles. The van der Waals surface area contributed by atoms with Crippen molar-refractivity contribution in [3.8, 4) is 0 Å². The number of anilines is 1. The number of nitrogens with one attached hydrogen (secondary N) is 1. The highest BCUT2D eigenvalue weighted by molar-refractivity contribution is 6.01. The van der Waals surface area contributed by atoms with Crippen molar-refractivity contribution < 1.29 is 14.3 Å².